The molecule has 2 bridgehead atoms. The fraction of sp³-hybridized carbons (Fsp3) is 0.720. The molecule has 0 aromatic heterocycles. The zero-order chi connectivity index (χ0) is 20.3. The van der Waals surface area contributed by atoms with Crippen LogP contribution in [0, 0.1) is 11.3 Å². The second-order valence-corrected chi connectivity index (χ2v) is 10.3. The lowest BCUT2D eigenvalue weighted by molar-refractivity contribution is -0.122. The van der Waals surface area contributed by atoms with Gasteiger partial charge in [-0.3, -0.25) is 4.79 Å². The monoisotopic (exact) mass is 398 g/mol. The number of aliphatic hydroxyl groups is 1. The highest BCUT2D eigenvalue weighted by atomic mass is 16.3. The Kier molecular flexibility index (Phi) is 6.31. The first kappa shape index (κ1) is 20.9. The van der Waals surface area contributed by atoms with E-state index in [0.717, 1.165) is 57.8 Å². The minimum absolute atomic E-state index is 0.0486. The molecule has 0 spiro atoms. The summed E-state index contributed by atoms with van der Waals surface area (Å²) >= 11 is 0. The van der Waals surface area contributed by atoms with Crippen molar-refractivity contribution >= 4 is 5.91 Å². The SMILES string of the molecule is NC1CCC(NC(=O)CCC2CC3(CO)CCCC(c4ccccc4)(C2)C3)CC1. The Bertz CT molecular complexity index is 685. The van der Waals surface area contributed by atoms with Crippen molar-refractivity contribution in [3.05, 3.63) is 35.9 Å². The van der Waals surface area contributed by atoms with Crippen LogP contribution in [0.5, 0.6) is 0 Å². The first-order valence-electron chi connectivity index (χ1n) is 11.7. The largest absolute Gasteiger partial charge is 0.396 e. The summed E-state index contributed by atoms with van der Waals surface area (Å²) in [4.78, 5) is 12.6. The van der Waals surface area contributed by atoms with Crippen molar-refractivity contribution in [2.75, 3.05) is 6.61 Å². The molecule has 0 saturated heterocycles. The number of carbonyl (C=O) groups is 1. The average Bonchev–Trinajstić information content (AvgIpc) is 2.74. The highest BCUT2D eigenvalue weighted by Crippen LogP contribution is 2.58. The fourth-order valence-electron chi connectivity index (χ4n) is 6.74. The summed E-state index contributed by atoms with van der Waals surface area (Å²) in [6, 6.07) is 11.6. The minimum Gasteiger partial charge on any atom is -0.396 e. The van der Waals surface area contributed by atoms with Gasteiger partial charge in [0, 0.05) is 25.1 Å². The predicted molar refractivity (Wildman–Crippen MR) is 116 cm³/mol. The maximum Gasteiger partial charge on any atom is 0.220 e. The van der Waals surface area contributed by atoms with Gasteiger partial charge in [0.1, 0.15) is 0 Å². The smallest absolute Gasteiger partial charge is 0.220 e. The predicted octanol–water partition coefficient (Wildman–Crippen LogP) is 4.05. The number of amides is 1. The molecule has 4 nitrogen and oxygen atoms in total. The zero-order valence-corrected chi connectivity index (χ0v) is 17.7. The molecule has 3 aliphatic carbocycles. The molecule has 3 unspecified atom stereocenters. The van der Waals surface area contributed by atoms with Crippen LogP contribution >= 0.6 is 0 Å². The summed E-state index contributed by atoms with van der Waals surface area (Å²) in [7, 11) is 0. The number of benzene rings is 1. The number of nitrogens with one attached hydrogen (secondary N) is 1. The van der Waals surface area contributed by atoms with E-state index in [1.807, 2.05) is 0 Å². The van der Waals surface area contributed by atoms with Crippen molar-refractivity contribution in [3.8, 4) is 0 Å². The molecule has 0 radical (unpaired) electrons. The molecule has 4 rings (SSSR count). The number of aliphatic hydroxyl groups excluding tert-OH is 1. The van der Waals surface area contributed by atoms with Gasteiger partial charge in [0.2, 0.25) is 5.91 Å². The molecule has 1 amide bonds. The normalized spacial score (nSPS) is 37.1. The van der Waals surface area contributed by atoms with Crippen LogP contribution in [-0.2, 0) is 10.2 Å². The summed E-state index contributed by atoms with van der Waals surface area (Å²) < 4.78 is 0. The molecule has 3 saturated carbocycles. The molecule has 1 aromatic carbocycles. The van der Waals surface area contributed by atoms with Crippen LogP contribution in [-0.4, -0.2) is 29.7 Å². The van der Waals surface area contributed by atoms with E-state index in [0.29, 0.717) is 24.4 Å². The molecule has 0 heterocycles. The molecule has 1 aromatic rings. The summed E-state index contributed by atoms with van der Waals surface area (Å²) in [5.74, 6) is 0.718. The first-order chi connectivity index (χ1) is 14.0. The lowest BCUT2D eigenvalue weighted by Gasteiger charge is -2.55. The Morgan fingerprint density at radius 3 is 2.59 bits per heavy atom. The van der Waals surface area contributed by atoms with Gasteiger partial charge in [-0.15, -0.1) is 0 Å². The maximum absolute atomic E-state index is 12.6. The maximum atomic E-state index is 12.6. The standard InChI is InChI=1S/C25H38N2O2/c26-21-8-10-22(11-9-21)27-23(29)12-7-19-15-24(18-28)13-4-14-25(16-19,17-24)20-5-2-1-3-6-20/h1-3,5-6,19,21-22,28H,4,7-18,26H2,(H,27,29). The quantitative estimate of drug-likeness (QED) is 0.676. The lowest BCUT2D eigenvalue weighted by Crippen LogP contribution is -2.48. The molecule has 3 aliphatic rings. The van der Waals surface area contributed by atoms with E-state index in [1.54, 1.807) is 0 Å². The van der Waals surface area contributed by atoms with Gasteiger partial charge in [-0.05, 0) is 86.5 Å². The van der Waals surface area contributed by atoms with Crippen molar-refractivity contribution in [2.24, 2.45) is 17.1 Å². The zero-order valence-electron chi connectivity index (χ0n) is 17.7. The molecule has 3 atom stereocenters. The molecule has 0 aliphatic heterocycles. The van der Waals surface area contributed by atoms with Gasteiger partial charge < -0.3 is 16.2 Å². The summed E-state index contributed by atoms with van der Waals surface area (Å²) in [6.07, 6.45) is 12.5. The summed E-state index contributed by atoms with van der Waals surface area (Å²) in [6.45, 7) is 0.284. The van der Waals surface area contributed by atoms with Crippen LogP contribution in [0.3, 0.4) is 0 Å². The lowest BCUT2D eigenvalue weighted by atomic mass is 9.50. The van der Waals surface area contributed by atoms with E-state index in [-0.39, 0.29) is 23.3 Å². The third kappa shape index (κ3) is 4.69. The molecular weight excluding hydrogens is 360 g/mol. The van der Waals surface area contributed by atoms with Gasteiger partial charge in [0.05, 0.1) is 0 Å². The molecule has 4 heteroatoms. The first-order valence-corrected chi connectivity index (χ1v) is 11.7. The second kappa shape index (κ2) is 8.77. The molecule has 160 valence electrons. The molecular formula is C25H38N2O2. The minimum atomic E-state index is 0.0486. The number of hydrogen-bond acceptors (Lipinski definition) is 3. The number of nitrogens with two attached hydrogens (primary N) is 1. The summed E-state index contributed by atoms with van der Waals surface area (Å²) in [5.41, 5.74) is 7.65. The van der Waals surface area contributed by atoms with Gasteiger partial charge in [-0.1, -0.05) is 36.8 Å². The topological polar surface area (TPSA) is 75.3 Å². The van der Waals surface area contributed by atoms with Gasteiger partial charge in [-0.2, -0.15) is 0 Å². The Morgan fingerprint density at radius 2 is 1.86 bits per heavy atom. The van der Waals surface area contributed by atoms with E-state index < -0.39 is 0 Å². The fourth-order valence-corrected chi connectivity index (χ4v) is 6.74. The van der Waals surface area contributed by atoms with E-state index in [1.165, 1.54) is 18.4 Å². The number of rotatable bonds is 6. The average molecular weight is 399 g/mol. The number of carbonyl (C=O) groups excluding carboxylic acids is 1. The Balaban J connectivity index is 1.39. The molecule has 4 N–H and O–H groups in total. The van der Waals surface area contributed by atoms with E-state index in [4.69, 9.17) is 5.73 Å². The third-order valence-corrected chi connectivity index (χ3v) is 8.12. The van der Waals surface area contributed by atoms with Gasteiger partial charge in [-0.25, -0.2) is 0 Å². The highest BCUT2D eigenvalue weighted by molar-refractivity contribution is 5.76. The van der Waals surface area contributed by atoms with Crippen LogP contribution in [0.2, 0.25) is 0 Å². The highest BCUT2D eigenvalue weighted by Gasteiger charge is 2.51. The van der Waals surface area contributed by atoms with E-state index in [9.17, 15) is 9.90 Å². The van der Waals surface area contributed by atoms with Gasteiger partial charge in [0.15, 0.2) is 0 Å². The number of fused-ring (bicyclic) bond motifs is 2. The van der Waals surface area contributed by atoms with Crippen LogP contribution in [0.4, 0.5) is 0 Å². The van der Waals surface area contributed by atoms with Crippen molar-refractivity contribution in [1.82, 2.24) is 5.32 Å². The Morgan fingerprint density at radius 1 is 1.10 bits per heavy atom. The Hall–Kier alpha value is -1.39. The van der Waals surface area contributed by atoms with Crippen LogP contribution in [0.15, 0.2) is 30.3 Å². The van der Waals surface area contributed by atoms with E-state index >= 15 is 0 Å². The van der Waals surface area contributed by atoms with Gasteiger partial charge >= 0.3 is 0 Å². The third-order valence-electron chi connectivity index (χ3n) is 8.12. The Labute approximate surface area is 175 Å². The van der Waals surface area contributed by atoms with Crippen molar-refractivity contribution in [3.63, 3.8) is 0 Å². The van der Waals surface area contributed by atoms with Crippen LogP contribution < -0.4 is 11.1 Å². The molecule has 3 fully saturated rings. The van der Waals surface area contributed by atoms with Crippen molar-refractivity contribution < 1.29 is 9.90 Å². The number of hydrogen-bond donors (Lipinski definition) is 3. The van der Waals surface area contributed by atoms with Crippen LogP contribution in [0.1, 0.15) is 82.6 Å². The van der Waals surface area contributed by atoms with Crippen molar-refractivity contribution in [2.45, 2.75) is 94.5 Å². The summed E-state index contributed by atoms with van der Waals surface area (Å²) in [5, 5.41) is 13.5. The van der Waals surface area contributed by atoms with Crippen LogP contribution in [0.25, 0.3) is 0 Å². The molecule has 29 heavy (non-hydrogen) atoms. The van der Waals surface area contributed by atoms with E-state index in [2.05, 4.69) is 35.6 Å². The van der Waals surface area contributed by atoms with Gasteiger partial charge in [0.25, 0.3) is 0 Å². The van der Waals surface area contributed by atoms with Crippen molar-refractivity contribution in [1.29, 1.82) is 0 Å². The second-order valence-electron chi connectivity index (χ2n) is 10.3.